The quantitative estimate of drug-likeness (QED) is 0.559. The molecule has 0 N–H and O–H groups in total. The molecule has 0 saturated carbocycles. The number of hydrogen-bond acceptors (Lipinski definition) is 2. The van der Waals surface area contributed by atoms with Crippen molar-refractivity contribution in [3.05, 3.63) is 41.5 Å². The maximum Gasteiger partial charge on any atom is 0.331 e. The van der Waals surface area contributed by atoms with Gasteiger partial charge in [0.1, 0.15) is 0 Å². The Hall–Kier alpha value is -1.57. The number of carbonyl (C=O) groups is 1. The average Bonchev–Trinajstić information content (AvgIpc) is 2.18. The molecule has 0 aliphatic heterocycles. The number of allylic oxidation sites excluding steroid dienone is 1. The number of aryl methyl sites for hydroxylation is 1. The third-order valence-electron chi connectivity index (χ3n) is 2.19. The van der Waals surface area contributed by atoms with E-state index < -0.39 is 0 Å². The van der Waals surface area contributed by atoms with Crippen molar-refractivity contribution >= 4 is 11.5 Å². The molecule has 0 spiro atoms. The van der Waals surface area contributed by atoms with E-state index in [9.17, 15) is 4.79 Å². The van der Waals surface area contributed by atoms with E-state index in [-0.39, 0.29) is 5.97 Å². The Bertz CT molecular complexity index is 378. The Labute approximate surface area is 90.6 Å². The number of benzene rings is 1. The lowest BCUT2D eigenvalue weighted by Crippen LogP contribution is -2.00. The second-order valence-corrected chi connectivity index (χ2v) is 3.39. The van der Waals surface area contributed by atoms with Crippen LogP contribution in [0.2, 0.25) is 0 Å². The summed E-state index contributed by atoms with van der Waals surface area (Å²) in [5, 5.41) is 0. The molecule has 0 amide bonds. The highest BCUT2D eigenvalue weighted by Gasteiger charge is 2.02. The fraction of sp³-hybridized carbons (Fsp3) is 0.308. The predicted molar refractivity (Wildman–Crippen MR) is 61.5 cm³/mol. The maximum atomic E-state index is 11.2. The fourth-order valence-electron chi connectivity index (χ4n) is 1.45. The van der Waals surface area contributed by atoms with Gasteiger partial charge in [0.05, 0.1) is 6.61 Å². The molecule has 1 aromatic carbocycles. The number of carbonyl (C=O) groups excluding carboxylic acids is 1. The Balaban J connectivity index is 2.89. The van der Waals surface area contributed by atoms with Crippen LogP contribution in [-0.2, 0) is 9.53 Å². The van der Waals surface area contributed by atoms with Crippen LogP contribution in [0.4, 0.5) is 0 Å². The lowest BCUT2D eigenvalue weighted by Gasteiger charge is -2.05. The van der Waals surface area contributed by atoms with Crippen LogP contribution in [0.1, 0.15) is 25.0 Å². The van der Waals surface area contributed by atoms with Crippen molar-refractivity contribution in [1.82, 2.24) is 0 Å². The second-order valence-electron chi connectivity index (χ2n) is 3.39. The number of esters is 1. The SMILES string of the molecule is CCOC(=O)/C=C(\C)c1ccccc1C. The molecule has 80 valence electrons. The van der Waals surface area contributed by atoms with Gasteiger partial charge < -0.3 is 4.74 Å². The predicted octanol–water partition coefficient (Wildman–Crippen LogP) is 2.96. The monoisotopic (exact) mass is 204 g/mol. The van der Waals surface area contributed by atoms with Crippen LogP contribution in [0.15, 0.2) is 30.3 Å². The molecule has 0 aliphatic carbocycles. The first kappa shape index (κ1) is 11.5. The zero-order valence-electron chi connectivity index (χ0n) is 9.41. The molecule has 2 nitrogen and oxygen atoms in total. The fourth-order valence-corrected chi connectivity index (χ4v) is 1.45. The third-order valence-corrected chi connectivity index (χ3v) is 2.19. The van der Waals surface area contributed by atoms with Crippen LogP contribution < -0.4 is 0 Å². The maximum absolute atomic E-state index is 11.2. The highest BCUT2D eigenvalue weighted by atomic mass is 16.5. The van der Waals surface area contributed by atoms with Crippen molar-refractivity contribution < 1.29 is 9.53 Å². The number of rotatable bonds is 3. The molecule has 0 aromatic heterocycles. The van der Waals surface area contributed by atoms with Crippen LogP contribution in [0, 0.1) is 6.92 Å². The van der Waals surface area contributed by atoms with E-state index in [0.29, 0.717) is 6.61 Å². The summed E-state index contributed by atoms with van der Waals surface area (Å²) in [7, 11) is 0. The van der Waals surface area contributed by atoms with Gasteiger partial charge >= 0.3 is 5.97 Å². The molecule has 0 atom stereocenters. The smallest absolute Gasteiger partial charge is 0.331 e. The molecular weight excluding hydrogens is 188 g/mol. The van der Waals surface area contributed by atoms with Crippen molar-refractivity contribution in [2.45, 2.75) is 20.8 Å². The zero-order valence-corrected chi connectivity index (χ0v) is 9.41. The molecule has 1 aromatic rings. The summed E-state index contributed by atoms with van der Waals surface area (Å²) in [6, 6.07) is 7.97. The van der Waals surface area contributed by atoms with Crippen molar-refractivity contribution in [3.63, 3.8) is 0 Å². The van der Waals surface area contributed by atoms with Gasteiger partial charge in [0, 0.05) is 6.08 Å². The molecule has 1 rings (SSSR count). The standard InChI is InChI=1S/C13H16O2/c1-4-15-13(14)9-11(3)12-8-6-5-7-10(12)2/h5-9H,4H2,1-3H3/b11-9+. The van der Waals surface area contributed by atoms with Crippen LogP contribution in [0.5, 0.6) is 0 Å². The molecule has 0 aliphatic rings. The summed E-state index contributed by atoms with van der Waals surface area (Å²) >= 11 is 0. The molecule has 0 radical (unpaired) electrons. The zero-order chi connectivity index (χ0) is 11.3. The lowest BCUT2D eigenvalue weighted by molar-refractivity contribution is -0.137. The minimum atomic E-state index is -0.279. The van der Waals surface area contributed by atoms with Gasteiger partial charge in [-0.05, 0) is 37.5 Å². The van der Waals surface area contributed by atoms with Crippen LogP contribution >= 0.6 is 0 Å². The summed E-state index contributed by atoms with van der Waals surface area (Å²) in [6.07, 6.45) is 1.53. The molecule has 0 unspecified atom stereocenters. The molecule has 0 bridgehead atoms. The van der Waals surface area contributed by atoms with E-state index >= 15 is 0 Å². The van der Waals surface area contributed by atoms with Crippen LogP contribution in [-0.4, -0.2) is 12.6 Å². The normalized spacial score (nSPS) is 11.3. The van der Waals surface area contributed by atoms with E-state index in [1.165, 1.54) is 6.08 Å². The van der Waals surface area contributed by atoms with Crippen molar-refractivity contribution in [3.8, 4) is 0 Å². The molecular formula is C13H16O2. The summed E-state index contributed by atoms with van der Waals surface area (Å²) in [5.41, 5.74) is 3.19. The van der Waals surface area contributed by atoms with E-state index in [1.807, 2.05) is 38.1 Å². The van der Waals surface area contributed by atoms with E-state index in [2.05, 4.69) is 0 Å². The van der Waals surface area contributed by atoms with Gasteiger partial charge in [-0.2, -0.15) is 0 Å². The second kappa shape index (κ2) is 5.35. The molecule has 0 heterocycles. The highest BCUT2D eigenvalue weighted by molar-refractivity contribution is 5.91. The molecule has 0 saturated heterocycles. The summed E-state index contributed by atoms with van der Waals surface area (Å²) in [4.78, 5) is 11.2. The van der Waals surface area contributed by atoms with Gasteiger partial charge in [0.15, 0.2) is 0 Å². The largest absolute Gasteiger partial charge is 0.463 e. The summed E-state index contributed by atoms with van der Waals surface area (Å²) < 4.78 is 4.86. The lowest BCUT2D eigenvalue weighted by atomic mass is 10.0. The van der Waals surface area contributed by atoms with Crippen LogP contribution in [0.3, 0.4) is 0 Å². The van der Waals surface area contributed by atoms with E-state index in [4.69, 9.17) is 4.74 Å². The van der Waals surface area contributed by atoms with Gasteiger partial charge in [0.25, 0.3) is 0 Å². The van der Waals surface area contributed by atoms with Crippen molar-refractivity contribution in [2.24, 2.45) is 0 Å². The molecule has 0 fully saturated rings. The van der Waals surface area contributed by atoms with Crippen molar-refractivity contribution in [2.75, 3.05) is 6.61 Å². The Morgan fingerprint density at radius 2 is 2.07 bits per heavy atom. The minimum absolute atomic E-state index is 0.279. The average molecular weight is 204 g/mol. The Kier molecular flexibility index (Phi) is 4.10. The van der Waals surface area contributed by atoms with E-state index in [0.717, 1.165) is 16.7 Å². The first-order valence-electron chi connectivity index (χ1n) is 5.06. The van der Waals surface area contributed by atoms with Gasteiger partial charge in [-0.3, -0.25) is 0 Å². The first-order chi connectivity index (χ1) is 7.15. The summed E-state index contributed by atoms with van der Waals surface area (Å²) in [5.74, 6) is -0.279. The number of hydrogen-bond donors (Lipinski definition) is 0. The van der Waals surface area contributed by atoms with Crippen LogP contribution in [0.25, 0.3) is 5.57 Å². The van der Waals surface area contributed by atoms with Crippen molar-refractivity contribution in [1.29, 1.82) is 0 Å². The van der Waals surface area contributed by atoms with Gasteiger partial charge in [-0.1, -0.05) is 24.3 Å². The minimum Gasteiger partial charge on any atom is -0.463 e. The van der Waals surface area contributed by atoms with Gasteiger partial charge in [-0.15, -0.1) is 0 Å². The third kappa shape index (κ3) is 3.24. The Morgan fingerprint density at radius 1 is 1.40 bits per heavy atom. The number of ether oxygens (including phenoxy) is 1. The van der Waals surface area contributed by atoms with Gasteiger partial charge in [0.2, 0.25) is 0 Å². The molecule has 15 heavy (non-hydrogen) atoms. The van der Waals surface area contributed by atoms with Gasteiger partial charge in [-0.25, -0.2) is 4.79 Å². The summed E-state index contributed by atoms with van der Waals surface area (Å²) in [6.45, 7) is 6.16. The Morgan fingerprint density at radius 3 is 2.67 bits per heavy atom. The van der Waals surface area contributed by atoms with E-state index in [1.54, 1.807) is 6.92 Å². The first-order valence-corrected chi connectivity index (χ1v) is 5.06. The topological polar surface area (TPSA) is 26.3 Å². The molecule has 2 heteroatoms. The highest BCUT2D eigenvalue weighted by Crippen LogP contribution is 2.17.